The third kappa shape index (κ3) is 1.34. The molecule has 1 fully saturated rings. The molecule has 1 aliphatic heterocycles. The van der Waals surface area contributed by atoms with Crippen molar-refractivity contribution in [3.8, 4) is 0 Å². The Hall–Kier alpha value is -0.0400. The van der Waals surface area contributed by atoms with E-state index in [4.69, 9.17) is 4.74 Å². The first kappa shape index (κ1) is 8.06. The average Bonchev–Trinajstić information content (AvgIpc) is 1.93. The molecule has 0 radical (unpaired) electrons. The Bertz CT molecular complexity index is 97.3. The molecule has 1 aliphatic rings. The molecule has 0 spiro atoms. The van der Waals surface area contributed by atoms with Crippen LogP contribution in [0.3, 0.4) is 0 Å². The van der Waals surface area contributed by atoms with Crippen LogP contribution < -0.4 is 0 Å². The van der Waals surface area contributed by atoms with Crippen molar-refractivity contribution in [2.24, 2.45) is 17.8 Å². The monoisotopic (exact) mass is 142 g/mol. The SMILES string of the molecule is CC1[C@H](C)OC[C@@H](C)[C@H]1C. The minimum absolute atomic E-state index is 0.464. The Morgan fingerprint density at radius 1 is 1.00 bits per heavy atom. The minimum Gasteiger partial charge on any atom is -0.378 e. The van der Waals surface area contributed by atoms with Crippen LogP contribution in [-0.4, -0.2) is 12.7 Å². The molecule has 1 unspecified atom stereocenters. The fourth-order valence-electron chi connectivity index (χ4n) is 1.55. The van der Waals surface area contributed by atoms with Gasteiger partial charge in [0.15, 0.2) is 0 Å². The zero-order valence-corrected chi connectivity index (χ0v) is 7.42. The quantitative estimate of drug-likeness (QED) is 0.504. The predicted molar refractivity (Wildman–Crippen MR) is 42.9 cm³/mol. The van der Waals surface area contributed by atoms with Crippen LogP contribution in [0.25, 0.3) is 0 Å². The van der Waals surface area contributed by atoms with Gasteiger partial charge in [0.1, 0.15) is 0 Å². The average molecular weight is 142 g/mol. The second-order valence-electron chi connectivity index (χ2n) is 3.73. The molecular formula is C9H18O. The number of hydrogen-bond donors (Lipinski definition) is 0. The summed E-state index contributed by atoms with van der Waals surface area (Å²) >= 11 is 0. The molecule has 60 valence electrons. The van der Waals surface area contributed by atoms with Crippen molar-refractivity contribution < 1.29 is 4.74 Å². The number of rotatable bonds is 0. The van der Waals surface area contributed by atoms with Crippen molar-refractivity contribution in [3.63, 3.8) is 0 Å². The molecule has 1 saturated heterocycles. The van der Waals surface area contributed by atoms with Crippen molar-refractivity contribution in [2.75, 3.05) is 6.61 Å². The van der Waals surface area contributed by atoms with E-state index in [1.54, 1.807) is 0 Å². The zero-order chi connectivity index (χ0) is 7.72. The third-order valence-corrected chi connectivity index (χ3v) is 3.09. The van der Waals surface area contributed by atoms with Crippen molar-refractivity contribution in [1.82, 2.24) is 0 Å². The van der Waals surface area contributed by atoms with Crippen LogP contribution in [0.15, 0.2) is 0 Å². The summed E-state index contributed by atoms with van der Waals surface area (Å²) in [6.45, 7) is 10.0. The molecule has 0 aromatic carbocycles. The van der Waals surface area contributed by atoms with E-state index >= 15 is 0 Å². The van der Waals surface area contributed by atoms with Gasteiger partial charge >= 0.3 is 0 Å². The van der Waals surface area contributed by atoms with E-state index < -0.39 is 0 Å². The smallest absolute Gasteiger partial charge is 0.0575 e. The number of ether oxygens (including phenoxy) is 1. The third-order valence-electron chi connectivity index (χ3n) is 3.09. The maximum atomic E-state index is 5.57. The molecule has 10 heavy (non-hydrogen) atoms. The summed E-state index contributed by atoms with van der Waals surface area (Å²) in [5.74, 6) is 2.29. The lowest BCUT2D eigenvalue weighted by Gasteiger charge is -2.36. The van der Waals surface area contributed by atoms with Gasteiger partial charge in [-0.1, -0.05) is 20.8 Å². The molecule has 0 N–H and O–H groups in total. The molecule has 0 aliphatic carbocycles. The van der Waals surface area contributed by atoms with Crippen LogP contribution in [0.1, 0.15) is 27.7 Å². The molecule has 0 bridgehead atoms. The van der Waals surface area contributed by atoms with Gasteiger partial charge in [-0.15, -0.1) is 0 Å². The minimum atomic E-state index is 0.464. The first-order valence-electron chi connectivity index (χ1n) is 4.24. The van der Waals surface area contributed by atoms with Gasteiger partial charge in [-0.05, 0) is 24.7 Å². The fourth-order valence-corrected chi connectivity index (χ4v) is 1.55. The molecule has 1 heterocycles. The van der Waals surface area contributed by atoms with Crippen LogP contribution in [-0.2, 0) is 4.74 Å². The Balaban J connectivity index is 2.52. The second kappa shape index (κ2) is 2.91. The van der Waals surface area contributed by atoms with Crippen LogP contribution in [0, 0.1) is 17.8 Å². The Kier molecular flexibility index (Phi) is 2.35. The lowest BCUT2D eigenvalue weighted by Crippen LogP contribution is -2.36. The topological polar surface area (TPSA) is 9.23 Å². The van der Waals surface area contributed by atoms with Gasteiger partial charge in [-0.2, -0.15) is 0 Å². The predicted octanol–water partition coefficient (Wildman–Crippen LogP) is 2.31. The van der Waals surface area contributed by atoms with Crippen LogP contribution in [0.2, 0.25) is 0 Å². The molecule has 1 rings (SSSR count). The summed E-state index contributed by atoms with van der Waals surface area (Å²) < 4.78 is 5.57. The van der Waals surface area contributed by atoms with Gasteiger partial charge in [0.25, 0.3) is 0 Å². The first-order chi connectivity index (χ1) is 4.63. The van der Waals surface area contributed by atoms with Gasteiger partial charge in [-0.3, -0.25) is 0 Å². The largest absolute Gasteiger partial charge is 0.378 e. The highest BCUT2D eigenvalue weighted by atomic mass is 16.5. The highest BCUT2D eigenvalue weighted by molar-refractivity contribution is 4.77. The summed E-state index contributed by atoms with van der Waals surface area (Å²) in [5.41, 5.74) is 0. The van der Waals surface area contributed by atoms with Crippen molar-refractivity contribution in [2.45, 2.75) is 33.8 Å². The van der Waals surface area contributed by atoms with Crippen molar-refractivity contribution in [3.05, 3.63) is 0 Å². The first-order valence-corrected chi connectivity index (χ1v) is 4.24. The lowest BCUT2D eigenvalue weighted by atomic mass is 9.80. The van der Waals surface area contributed by atoms with Gasteiger partial charge in [-0.25, -0.2) is 0 Å². The van der Waals surface area contributed by atoms with Crippen LogP contribution in [0.5, 0.6) is 0 Å². The molecule has 4 atom stereocenters. The van der Waals surface area contributed by atoms with Crippen molar-refractivity contribution >= 4 is 0 Å². The summed E-state index contributed by atoms with van der Waals surface area (Å²) in [4.78, 5) is 0. The van der Waals surface area contributed by atoms with Gasteiger partial charge in [0.05, 0.1) is 6.10 Å². The lowest BCUT2D eigenvalue weighted by molar-refractivity contribution is -0.0661. The summed E-state index contributed by atoms with van der Waals surface area (Å²) in [6, 6.07) is 0. The van der Waals surface area contributed by atoms with E-state index in [1.165, 1.54) is 0 Å². The van der Waals surface area contributed by atoms with E-state index in [0.717, 1.165) is 24.4 Å². The molecule has 1 nitrogen and oxygen atoms in total. The zero-order valence-electron chi connectivity index (χ0n) is 7.42. The standard InChI is InChI=1S/C9H18O/c1-6-5-10-9(4)8(3)7(6)2/h6-9H,5H2,1-4H3/t6-,7-,8?,9+/m1/s1. The van der Waals surface area contributed by atoms with Gasteiger partial charge < -0.3 is 4.74 Å². The molecule has 0 aromatic rings. The summed E-state index contributed by atoms with van der Waals surface area (Å²) in [6.07, 6.45) is 0.464. The molecular weight excluding hydrogens is 124 g/mol. The van der Waals surface area contributed by atoms with Crippen LogP contribution in [0.4, 0.5) is 0 Å². The van der Waals surface area contributed by atoms with Crippen LogP contribution >= 0.6 is 0 Å². The van der Waals surface area contributed by atoms with E-state index in [-0.39, 0.29) is 0 Å². The fraction of sp³-hybridized carbons (Fsp3) is 1.00. The van der Waals surface area contributed by atoms with E-state index in [2.05, 4.69) is 27.7 Å². The van der Waals surface area contributed by atoms with E-state index in [1.807, 2.05) is 0 Å². The summed E-state index contributed by atoms with van der Waals surface area (Å²) in [5, 5.41) is 0. The Morgan fingerprint density at radius 2 is 1.60 bits per heavy atom. The Morgan fingerprint density at radius 3 is 2.10 bits per heavy atom. The Labute approximate surface area is 63.8 Å². The number of hydrogen-bond acceptors (Lipinski definition) is 1. The van der Waals surface area contributed by atoms with E-state index in [9.17, 15) is 0 Å². The highest BCUT2D eigenvalue weighted by Crippen LogP contribution is 2.29. The van der Waals surface area contributed by atoms with Gasteiger partial charge in [0.2, 0.25) is 0 Å². The van der Waals surface area contributed by atoms with Gasteiger partial charge in [0, 0.05) is 6.61 Å². The second-order valence-corrected chi connectivity index (χ2v) is 3.73. The molecule has 0 amide bonds. The summed E-state index contributed by atoms with van der Waals surface area (Å²) in [7, 11) is 0. The van der Waals surface area contributed by atoms with E-state index in [0.29, 0.717) is 6.10 Å². The highest BCUT2D eigenvalue weighted by Gasteiger charge is 2.29. The molecule has 0 aromatic heterocycles. The maximum Gasteiger partial charge on any atom is 0.0575 e. The normalized spacial score (nSPS) is 49.2. The molecule has 0 saturated carbocycles. The van der Waals surface area contributed by atoms with Crippen molar-refractivity contribution in [1.29, 1.82) is 0 Å². The maximum absolute atomic E-state index is 5.57. The molecule has 1 heteroatoms.